The van der Waals surface area contributed by atoms with Gasteiger partial charge in [0.05, 0.1) is 5.56 Å². The molecule has 1 aliphatic carbocycles. The van der Waals surface area contributed by atoms with E-state index in [1.807, 2.05) is 42.5 Å². The van der Waals surface area contributed by atoms with E-state index in [4.69, 9.17) is 4.74 Å². The zero-order valence-corrected chi connectivity index (χ0v) is 14.0. The van der Waals surface area contributed by atoms with Crippen molar-refractivity contribution >= 4 is 11.9 Å². The van der Waals surface area contributed by atoms with Crippen molar-refractivity contribution < 1.29 is 14.3 Å². The predicted molar refractivity (Wildman–Crippen MR) is 95.7 cm³/mol. The van der Waals surface area contributed by atoms with Gasteiger partial charge >= 0.3 is 5.97 Å². The molecule has 4 heteroatoms. The number of hydrogen-bond acceptors (Lipinski definition) is 3. The van der Waals surface area contributed by atoms with E-state index in [1.54, 1.807) is 24.3 Å². The maximum Gasteiger partial charge on any atom is 0.338 e. The monoisotopic (exact) mass is 335 g/mol. The summed E-state index contributed by atoms with van der Waals surface area (Å²) >= 11 is 0. The molecule has 0 aromatic heterocycles. The molecule has 0 unspecified atom stereocenters. The van der Waals surface area contributed by atoms with E-state index in [-0.39, 0.29) is 18.5 Å². The van der Waals surface area contributed by atoms with E-state index in [2.05, 4.69) is 5.32 Å². The van der Waals surface area contributed by atoms with E-state index >= 15 is 0 Å². The lowest BCUT2D eigenvalue weighted by atomic mass is 10.1. The fourth-order valence-electron chi connectivity index (χ4n) is 2.37. The Balaban J connectivity index is 1.51. The van der Waals surface area contributed by atoms with Crippen LogP contribution in [0.4, 0.5) is 0 Å². The first-order chi connectivity index (χ1) is 12.2. The van der Waals surface area contributed by atoms with Crippen LogP contribution in [0.3, 0.4) is 0 Å². The Morgan fingerprint density at radius 3 is 2.56 bits per heavy atom. The van der Waals surface area contributed by atoms with Crippen LogP contribution in [-0.2, 0) is 22.7 Å². The van der Waals surface area contributed by atoms with Crippen LogP contribution < -0.4 is 5.32 Å². The number of rotatable bonds is 7. The highest BCUT2D eigenvalue weighted by molar-refractivity contribution is 5.90. The fraction of sp³-hybridized carbons (Fsp3) is 0.238. The lowest BCUT2D eigenvalue weighted by Gasteiger charge is -2.07. The Labute approximate surface area is 147 Å². The Morgan fingerprint density at radius 1 is 1.04 bits per heavy atom. The third kappa shape index (κ3) is 5.60. The van der Waals surface area contributed by atoms with Crippen molar-refractivity contribution in [3.8, 4) is 0 Å². The smallest absolute Gasteiger partial charge is 0.338 e. The van der Waals surface area contributed by atoms with Crippen molar-refractivity contribution in [1.29, 1.82) is 0 Å². The van der Waals surface area contributed by atoms with Crippen LogP contribution in [0.1, 0.15) is 34.3 Å². The number of ether oxygens (including phenoxy) is 1. The molecule has 1 aliphatic rings. The summed E-state index contributed by atoms with van der Waals surface area (Å²) in [5, 5.41) is 2.83. The molecular weight excluding hydrogens is 314 g/mol. The molecule has 4 nitrogen and oxygen atoms in total. The third-order valence-corrected chi connectivity index (χ3v) is 3.98. The molecule has 0 saturated heterocycles. The molecule has 0 radical (unpaired) electrons. The topological polar surface area (TPSA) is 55.4 Å². The Kier molecular flexibility index (Phi) is 5.62. The number of carbonyl (C=O) groups excluding carboxylic acids is 2. The molecule has 0 aliphatic heterocycles. The molecule has 1 saturated carbocycles. The van der Waals surface area contributed by atoms with Crippen LogP contribution in [0.5, 0.6) is 0 Å². The molecule has 1 fully saturated rings. The minimum atomic E-state index is -0.370. The van der Waals surface area contributed by atoms with Gasteiger partial charge in [-0.25, -0.2) is 4.79 Å². The number of benzene rings is 2. The first-order valence-corrected chi connectivity index (χ1v) is 8.47. The van der Waals surface area contributed by atoms with Gasteiger partial charge in [0, 0.05) is 6.54 Å². The molecule has 2 aromatic rings. The summed E-state index contributed by atoms with van der Waals surface area (Å²) in [5.41, 5.74) is 2.29. The quantitative estimate of drug-likeness (QED) is 0.621. The van der Waals surface area contributed by atoms with Gasteiger partial charge in [0.25, 0.3) is 0 Å². The molecule has 128 valence electrons. The number of amides is 1. The highest BCUT2D eigenvalue weighted by Crippen LogP contribution is 2.29. The van der Waals surface area contributed by atoms with Gasteiger partial charge in [0.15, 0.2) is 0 Å². The zero-order valence-electron chi connectivity index (χ0n) is 14.0. The van der Waals surface area contributed by atoms with E-state index in [1.165, 1.54) is 12.8 Å². The number of nitrogens with one attached hydrogen (secondary N) is 1. The lowest BCUT2D eigenvalue weighted by molar-refractivity contribution is -0.116. The molecule has 0 heterocycles. The summed E-state index contributed by atoms with van der Waals surface area (Å²) in [5.74, 6) is 0.100. The number of carbonyl (C=O) groups is 2. The third-order valence-electron chi connectivity index (χ3n) is 3.98. The van der Waals surface area contributed by atoms with Crippen LogP contribution in [0.15, 0.2) is 66.7 Å². The molecule has 25 heavy (non-hydrogen) atoms. The van der Waals surface area contributed by atoms with Gasteiger partial charge in [-0.05, 0) is 48.1 Å². The molecule has 1 N–H and O–H groups in total. The Morgan fingerprint density at radius 2 is 1.80 bits per heavy atom. The van der Waals surface area contributed by atoms with Crippen LogP contribution in [0, 0.1) is 5.92 Å². The Bertz CT molecular complexity index is 764. The average molecular weight is 335 g/mol. The minimum absolute atomic E-state index is 0.107. The summed E-state index contributed by atoms with van der Waals surface area (Å²) in [6.07, 6.45) is 5.90. The molecule has 2 aromatic carbocycles. The highest BCUT2D eigenvalue weighted by Gasteiger charge is 2.17. The standard InChI is InChI=1S/C21H21NO3/c23-20(12-11-16-9-10-16)22-14-18-7-4-8-19(13-18)21(24)25-15-17-5-2-1-3-6-17/h1-8,11-13,16H,9-10,14-15H2,(H,22,23). The minimum Gasteiger partial charge on any atom is -0.457 e. The van der Waals surface area contributed by atoms with Crippen LogP contribution in [-0.4, -0.2) is 11.9 Å². The van der Waals surface area contributed by atoms with Crippen molar-refractivity contribution in [3.05, 3.63) is 83.4 Å². The van der Waals surface area contributed by atoms with Crippen molar-refractivity contribution in [2.45, 2.75) is 26.0 Å². The molecule has 0 bridgehead atoms. The van der Waals surface area contributed by atoms with Crippen molar-refractivity contribution in [3.63, 3.8) is 0 Å². The maximum absolute atomic E-state index is 12.2. The highest BCUT2D eigenvalue weighted by atomic mass is 16.5. The summed E-state index contributed by atoms with van der Waals surface area (Å²) in [6.45, 7) is 0.625. The van der Waals surface area contributed by atoms with Gasteiger partial charge in [-0.15, -0.1) is 0 Å². The summed E-state index contributed by atoms with van der Waals surface area (Å²) in [6, 6.07) is 16.7. The second kappa shape index (κ2) is 8.29. The zero-order chi connectivity index (χ0) is 17.5. The molecular formula is C21H21NO3. The van der Waals surface area contributed by atoms with Crippen LogP contribution in [0.2, 0.25) is 0 Å². The van der Waals surface area contributed by atoms with E-state index in [0.717, 1.165) is 11.1 Å². The SMILES string of the molecule is O=C(C=CC1CC1)NCc1cccc(C(=O)OCc2ccccc2)c1. The van der Waals surface area contributed by atoms with Gasteiger partial charge in [-0.3, -0.25) is 4.79 Å². The number of hydrogen-bond donors (Lipinski definition) is 1. The second-order valence-corrected chi connectivity index (χ2v) is 6.18. The second-order valence-electron chi connectivity index (χ2n) is 6.18. The molecule has 0 atom stereocenters. The van der Waals surface area contributed by atoms with Crippen molar-refractivity contribution in [2.75, 3.05) is 0 Å². The van der Waals surface area contributed by atoms with E-state index in [0.29, 0.717) is 18.0 Å². The van der Waals surface area contributed by atoms with Gasteiger partial charge in [0.2, 0.25) is 5.91 Å². The molecule has 1 amide bonds. The van der Waals surface area contributed by atoms with Crippen LogP contribution in [0.25, 0.3) is 0 Å². The van der Waals surface area contributed by atoms with Crippen molar-refractivity contribution in [1.82, 2.24) is 5.32 Å². The summed E-state index contributed by atoms with van der Waals surface area (Å²) < 4.78 is 5.33. The number of allylic oxidation sites excluding steroid dienone is 1. The van der Waals surface area contributed by atoms with Gasteiger partial charge in [-0.2, -0.15) is 0 Å². The summed E-state index contributed by atoms with van der Waals surface area (Å²) in [7, 11) is 0. The van der Waals surface area contributed by atoms with E-state index < -0.39 is 0 Å². The number of esters is 1. The largest absolute Gasteiger partial charge is 0.457 e. The summed E-state index contributed by atoms with van der Waals surface area (Å²) in [4.78, 5) is 23.9. The van der Waals surface area contributed by atoms with Crippen LogP contribution >= 0.6 is 0 Å². The molecule has 3 rings (SSSR count). The first kappa shape index (κ1) is 17.0. The first-order valence-electron chi connectivity index (χ1n) is 8.47. The predicted octanol–water partition coefficient (Wildman–Crippen LogP) is 3.63. The fourth-order valence-corrected chi connectivity index (χ4v) is 2.37. The normalized spacial score (nSPS) is 13.6. The van der Waals surface area contributed by atoms with Gasteiger partial charge in [-0.1, -0.05) is 48.5 Å². The van der Waals surface area contributed by atoms with Gasteiger partial charge in [0.1, 0.15) is 6.61 Å². The van der Waals surface area contributed by atoms with Crippen molar-refractivity contribution in [2.24, 2.45) is 5.92 Å². The Hall–Kier alpha value is -2.88. The maximum atomic E-state index is 12.2. The molecule has 0 spiro atoms. The average Bonchev–Trinajstić information content (AvgIpc) is 3.48. The lowest BCUT2D eigenvalue weighted by Crippen LogP contribution is -2.20. The van der Waals surface area contributed by atoms with E-state index in [9.17, 15) is 9.59 Å². The van der Waals surface area contributed by atoms with Gasteiger partial charge < -0.3 is 10.1 Å².